The molecule has 1 atom stereocenters. The Bertz CT molecular complexity index is 645. The fourth-order valence-electron chi connectivity index (χ4n) is 2.33. The molecule has 0 aliphatic carbocycles. The second kappa shape index (κ2) is 6.30. The summed E-state index contributed by atoms with van der Waals surface area (Å²) < 4.78 is 6.95. The summed E-state index contributed by atoms with van der Waals surface area (Å²) in [6, 6.07) is 4.23. The molecule has 2 heterocycles. The average molecular weight is 307 g/mol. The van der Waals surface area contributed by atoms with Gasteiger partial charge in [0.2, 0.25) is 0 Å². The number of rotatable bonds is 5. The van der Waals surface area contributed by atoms with E-state index in [0.717, 1.165) is 5.82 Å². The van der Waals surface area contributed by atoms with Gasteiger partial charge in [0.05, 0.1) is 12.6 Å². The summed E-state index contributed by atoms with van der Waals surface area (Å²) >= 11 is 1.73. The zero-order chi connectivity index (χ0) is 15.6. The molecule has 2 rings (SSSR count). The molecule has 0 aliphatic heterocycles. The van der Waals surface area contributed by atoms with Crippen molar-refractivity contribution in [2.45, 2.75) is 40.2 Å². The quantitative estimate of drug-likeness (QED) is 0.861. The van der Waals surface area contributed by atoms with Gasteiger partial charge in [0, 0.05) is 16.2 Å². The van der Waals surface area contributed by atoms with Crippen molar-refractivity contribution in [1.82, 2.24) is 9.55 Å². The van der Waals surface area contributed by atoms with Crippen LogP contribution < -0.4 is 5.73 Å². The summed E-state index contributed by atoms with van der Waals surface area (Å²) in [6.45, 7) is 8.22. The van der Waals surface area contributed by atoms with Gasteiger partial charge in [-0.25, -0.2) is 9.78 Å². The lowest BCUT2D eigenvalue weighted by Gasteiger charge is -2.16. The predicted octanol–water partition coefficient (Wildman–Crippen LogP) is 3.18. The molecule has 0 fully saturated rings. The highest BCUT2D eigenvalue weighted by Crippen LogP contribution is 2.30. The maximum atomic E-state index is 11.9. The zero-order valence-electron chi connectivity index (χ0n) is 12.8. The Morgan fingerprint density at radius 1 is 1.48 bits per heavy atom. The average Bonchev–Trinajstić information content (AvgIpc) is 3.02. The van der Waals surface area contributed by atoms with Crippen molar-refractivity contribution in [2.24, 2.45) is 0 Å². The number of imidazole rings is 1. The fourth-order valence-corrected chi connectivity index (χ4v) is 3.25. The second-order valence-electron chi connectivity index (χ2n) is 4.83. The second-order valence-corrected chi connectivity index (χ2v) is 6.15. The number of hydrogen-bond acceptors (Lipinski definition) is 5. The molecule has 0 aliphatic rings. The molecule has 0 bridgehead atoms. The van der Waals surface area contributed by atoms with Crippen molar-refractivity contribution >= 4 is 23.1 Å². The Kier molecular flexibility index (Phi) is 4.67. The number of nitrogens with zero attached hydrogens (tertiary/aromatic N) is 2. The van der Waals surface area contributed by atoms with Gasteiger partial charge in [-0.1, -0.05) is 6.92 Å². The lowest BCUT2D eigenvalue weighted by molar-refractivity contribution is 0.0521. The molecule has 0 spiro atoms. The SMILES string of the molecule is CCOC(=O)c1nc(CC)n(C(C)c2ccc(C)s2)c1N. The minimum absolute atomic E-state index is 0.0503. The lowest BCUT2D eigenvalue weighted by Crippen LogP contribution is -2.13. The Hall–Kier alpha value is -1.82. The number of thiophene rings is 1. The van der Waals surface area contributed by atoms with E-state index in [9.17, 15) is 4.79 Å². The minimum Gasteiger partial charge on any atom is -0.461 e. The van der Waals surface area contributed by atoms with Gasteiger partial charge >= 0.3 is 5.97 Å². The van der Waals surface area contributed by atoms with Crippen LogP contribution in [0.2, 0.25) is 0 Å². The van der Waals surface area contributed by atoms with Crippen LogP contribution in [0.4, 0.5) is 5.82 Å². The molecule has 21 heavy (non-hydrogen) atoms. The van der Waals surface area contributed by atoms with Gasteiger partial charge in [0.25, 0.3) is 0 Å². The van der Waals surface area contributed by atoms with Gasteiger partial charge in [-0.2, -0.15) is 0 Å². The molecule has 0 amide bonds. The van der Waals surface area contributed by atoms with Crippen molar-refractivity contribution in [1.29, 1.82) is 0 Å². The van der Waals surface area contributed by atoms with Crippen LogP contribution in [0.25, 0.3) is 0 Å². The van der Waals surface area contributed by atoms with Crippen LogP contribution in [0, 0.1) is 6.92 Å². The van der Waals surface area contributed by atoms with Gasteiger partial charge in [0.15, 0.2) is 5.69 Å². The number of ether oxygens (including phenoxy) is 1. The summed E-state index contributed by atoms with van der Waals surface area (Å²) in [7, 11) is 0. The summed E-state index contributed by atoms with van der Waals surface area (Å²) in [5.41, 5.74) is 6.38. The third-order valence-corrected chi connectivity index (χ3v) is 4.54. The highest BCUT2D eigenvalue weighted by molar-refractivity contribution is 7.12. The van der Waals surface area contributed by atoms with Crippen LogP contribution >= 0.6 is 11.3 Å². The van der Waals surface area contributed by atoms with E-state index in [1.807, 2.05) is 11.5 Å². The van der Waals surface area contributed by atoms with Crippen molar-refractivity contribution in [3.63, 3.8) is 0 Å². The predicted molar refractivity (Wildman–Crippen MR) is 84.8 cm³/mol. The van der Waals surface area contributed by atoms with Gasteiger partial charge in [0.1, 0.15) is 11.6 Å². The number of nitrogen functional groups attached to an aromatic ring is 1. The molecule has 5 nitrogen and oxygen atoms in total. The van der Waals surface area contributed by atoms with Gasteiger partial charge in [-0.15, -0.1) is 11.3 Å². The van der Waals surface area contributed by atoms with E-state index in [1.54, 1.807) is 18.3 Å². The first-order valence-corrected chi connectivity index (χ1v) is 7.91. The maximum absolute atomic E-state index is 11.9. The Morgan fingerprint density at radius 2 is 2.19 bits per heavy atom. The number of esters is 1. The van der Waals surface area contributed by atoms with Crippen LogP contribution in [0.1, 0.15) is 52.9 Å². The normalized spacial score (nSPS) is 12.4. The summed E-state index contributed by atoms with van der Waals surface area (Å²) in [5, 5.41) is 0. The summed E-state index contributed by atoms with van der Waals surface area (Å²) in [4.78, 5) is 18.7. The Morgan fingerprint density at radius 3 is 2.71 bits per heavy atom. The van der Waals surface area contributed by atoms with Crippen molar-refractivity contribution in [3.8, 4) is 0 Å². The Labute approximate surface area is 128 Å². The topological polar surface area (TPSA) is 70.1 Å². The molecule has 2 aromatic heterocycles. The van der Waals surface area contributed by atoms with Gasteiger partial charge in [-0.3, -0.25) is 0 Å². The number of hydrogen-bond donors (Lipinski definition) is 1. The first-order valence-electron chi connectivity index (χ1n) is 7.09. The molecule has 6 heteroatoms. The first kappa shape index (κ1) is 15.6. The van der Waals surface area contributed by atoms with Crippen LogP contribution in [0.3, 0.4) is 0 Å². The van der Waals surface area contributed by atoms with Crippen molar-refractivity contribution in [2.75, 3.05) is 12.3 Å². The highest BCUT2D eigenvalue weighted by Gasteiger charge is 2.24. The fraction of sp³-hybridized carbons (Fsp3) is 0.467. The smallest absolute Gasteiger partial charge is 0.360 e. The Balaban J connectivity index is 2.45. The maximum Gasteiger partial charge on any atom is 0.360 e. The minimum atomic E-state index is -0.460. The first-order chi connectivity index (χ1) is 9.99. The number of anilines is 1. The summed E-state index contributed by atoms with van der Waals surface area (Å²) in [5.74, 6) is 0.718. The molecule has 1 unspecified atom stereocenters. The van der Waals surface area contributed by atoms with Crippen LogP contribution in [-0.4, -0.2) is 22.1 Å². The monoisotopic (exact) mass is 307 g/mol. The molecular formula is C15H21N3O2S. The molecule has 0 radical (unpaired) electrons. The van der Waals surface area contributed by atoms with E-state index in [2.05, 4.69) is 31.0 Å². The number of carbonyl (C=O) groups is 1. The van der Waals surface area contributed by atoms with E-state index in [1.165, 1.54) is 9.75 Å². The third kappa shape index (κ3) is 2.95. The van der Waals surface area contributed by atoms with Crippen molar-refractivity contribution in [3.05, 3.63) is 33.4 Å². The van der Waals surface area contributed by atoms with E-state index in [4.69, 9.17) is 10.5 Å². The largest absolute Gasteiger partial charge is 0.461 e. The number of carbonyl (C=O) groups excluding carboxylic acids is 1. The molecule has 0 saturated carbocycles. The molecule has 0 aromatic carbocycles. The number of aryl methyl sites for hydroxylation is 2. The van der Waals surface area contributed by atoms with Gasteiger partial charge < -0.3 is 15.0 Å². The summed E-state index contributed by atoms with van der Waals surface area (Å²) in [6.07, 6.45) is 0.707. The molecule has 2 aromatic rings. The van der Waals surface area contributed by atoms with Gasteiger partial charge in [-0.05, 0) is 32.9 Å². The van der Waals surface area contributed by atoms with E-state index >= 15 is 0 Å². The third-order valence-electron chi connectivity index (χ3n) is 3.37. The molecule has 2 N–H and O–H groups in total. The lowest BCUT2D eigenvalue weighted by atomic mass is 10.2. The van der Waals surface area contributed by atoms with Crippen LogP contribution in [-0.2, 0) is 11.2 Å². The molecule has 0 saturated heterocycles. The van der Waals surface area contributed by atoms with Crippen LogP contribution in [0.5, 0.6) is 0 Å². The van der Waals surface area contributed by atoms with E-state index in [-0.39, 0.29) is 11.7 Å². The zero-order valence-corrected chi connectivity index (χ0v) is 13.7. The molecule has 114 valence electrons. The van der Waals surface area contributed by atoms with E-state index < -0.39 is 5.97 Å². The number of nitrogens with two attached hydrogens (primary N) is 1. The standard InChI is InChI=1S/C15H21N3O2S/c1-5-12-17-13(15(19)20-6-2)14(16)18(12)10(4)11-8-7-9(3)21-11/h7-8,10H,5-6,16H2,1-4H3. The highest BCUT2D eigenvalue weighted by atomic mass is 32.1. The molecular weight excluding hydrogens is 286 g/mol. The van der Waals surface area contributed by atoms with Crippen LogP contribution in [0.15, 0.2) is 12.1 Å². The number of aromatic nitrogens is 2. The van der Waals surface area contributed by atoms with E-state index in [0.29, 0.717) is 18.8 Å². The van der Waals surface area contributed by atoms with Crippen molar-refractivity contribution < 1.29 is 9.53 Å².